The van der Waals surface area contributed by atoms with Gasteiger partial charge >= 0.3 is 12.0 Å². The number of carbonyl (C=O) groups excluding carboxylic acids is 2. The second kappa shape index (κ2) is 8.55. The van der Waals surface area contributed by atoms with Gasteiger partial charge in [-0.15, -0.1) is 0 Å². The van der Waals surface area contributed by atoms with Crippen LogP contribution in [-0.4, -0.2) is 24.7 Å². The summed E-state index contributed by atoms with van der Waals surface area (Å²) in [5, 5.41) is 5.42. The van der Waals surface area contributed by atoms with Crippen LogP contribution in [0.4, 0.5) is 4.79 Å². The molecule has 6 nitrogen and oxygen atoms in total. The van der Waals surface area contributed by atoms with Crippen molar-refractivity contribution in [2.75, 3.05) is 6.61 Å². The molecule has 0 aliphatic carbocycles. The van der Waals surface area contributed by atoms with Gasteiger partial charge in [0.05, 0.1) is 24.3 Å². The summed E-state index contributed by atoms with van der Waals surface area (Å²) in [7, 11) is 0. The summed E-state index contributed by atoms with van der Waals surface area (Å²) in [5.41, 5.74) is 1.71. The molecular weight excluding hydrogens is 320 g/mol. The fourth-order valence-electron chi connectivity index (χ4n) is 2.58. The van der Waals surface area contributed by atoms with Crippen molar-refractivity contribution < 1.29 is 19.1 Å². The monoisotopic (exact) mass is 346 g/mol. The molecule has 0 bridgehead atoms. The zero-order valence-electron chi connectivity index (χ0n) is 15.2. The van der Waals surface area contributed by atoms with Crippen LogP contribution in [0.1, 0.15) is 52.1 Å². The molecule has 0 spiro atoms. The highest BCUT2D eigenvalue weighted by molar-refractivity contribution is 5.95. The first kappa shape index (κ1) is 18.8. The normalized spacial score (nSPS) is 17.2. The minimum absolute atomic E-state index is 0.236. The van der Waals surface area contributed by atoms with Gasteiger partial charge < -0.3 is 20.1 Å². The molecule has 0 unspecified atom stereocenters. The van der Waals surface area contributed by atoms with E-state index >= 15 is 0 Å². The van der Waals surface area contributed by atoms with Crippen LogP contribution >= 0.6 is 0 Å². The molecule has 0 saturated carbocycles. The summed E-state index contributed by atoms with van der Waals surface area (Å²) >= 11 is 0. The van der Waals surface area contributed by atoms with Crippen LogP contribution in [0.15, 0.2) is 35.5 Å². The third-order valence-corrected chi connectivity index (χ3v) is 3.81. The van der Waals surface area contributed by atoms with Gasteiger partial charge in [0.25, 0.3) is 0 Å². The van der Waals surface area contributed by atoms with E-state index in [2.05, 4.69) is 17.6 Å². The number of hydrogen-bond donors (Lipinski definition) is 2. The van der Waals surface area contributed by atoms with Crippen molar-refractivity contribution in [2.45, 2.75) is 52.7 Å². The zero-order valence-corrected chi connectivity index (χ0v) is 15.2. The van der Waals surface area contributed by atoms with Crippen molar-refractivity contribution in [1.29, 1.82) is 0 Å². The van der Waals surface area contributed by atoms with Crippen molar-refractivity contribution in [2.24, 2.45) is 0 Å². The average molecular weight is 346 g/mol. The van der Waals surface area contributed by atoms with Crippen molar-refractivity contribution in [3.05, 3.63) is 41.1 Å². The molecule has 25 heavy (non-hydrogen) atoms. The van der Waals surface area contributed by atoms with E-state index in [1.807, 2.05) is 24.3 Å². The van der Waals surface area contributed by atoms with Crippen LogP contribution in [0.3, 0.4) is 0 Å². The highest BCUT2D eigenvalue weighted by atomic mass is 16.5. The number of hydrogen-bond acceptors (Lipinski definition) is 4. The first-order valence-electron chi connectivity index (χ1n) is 8.64. The van der Waals surface area contributed by atoms with E-state index in [1.165, 1.54) is 0 Å². The zero-order chi connectivity index (χ0) is 18.4. The van der Waals surface area contributed by atoms with Gasteiger partial charge in [0.1, 0.15) is 5.75 Å². The second-order valence-corrected chi connectivity index (χ2v) is 6.30. The molecule has 2 rings (SSSR count). The van der Waals surface area contributed by atoms with E-state index in [0.717, 1.165) is 24.2 Å². The van der Waals surface area contributed by atoms with Crippen LogP contribution in [0.2, 0.25) is 0 Å². The number of nitrogens with one attached hydrogen (secondary N) is 2. The molecule has 0 aromatic heterocycles. The highest BCUT2D eigenvalue weighted by Gasteiger charge is 2.32. The number of amides is 2. The van der Waals surface area contributed by atoms with Gasteiger partial charge in [-0.2, -0.15) is 0 Å². The molecule has 1 aliphatic rings. The molecule has 6 heteroatoms. The van der Waals surface area contributed by atoms with Crippen molar-refractivity contribution in [3.63, 3.8) is 0 Å². The predicted molar refractivity (Wildman–Crippen MR) is 95.2 cm³/mol. The van der Waals surface area contributed by atoms with E-state index in [9.17, 15) is 9.59 Å². The number of benzene rings is 1. The van der Waals surface area contributed by atoms with Gasteiger partial charge in [0, 0.05) is 5.70 Å². The van der Waals surface area contributed by atoms with E-state index < -0.39 is 12.0 Å². The topological polar surface area (TPSA) is 76.7 Å². The Morgan fingerprint density at radius 2 is 1.92 bits per heavy atom. The summed E-state index contributed by atoms with van der Waals surface area (Å²) in [5.74, 6) is 0.331. The maximum atomic E-state index is 12.5. The molecule has 0 fully saturated rings. The van der Waals surface area contributed by atoms with Crippen LogP contribution in [-0.2, 0) is 9.53 Å². The molecule has 1 aromatic rings. The Hall–Kier alpha value is -2.50. The number of rotatable bonds is 7. The molecule has 136 valence electrons. The Kier molecular flexibility index (Phi) is 6.44. The SMILES string of the molecule is CCCCOc1ccc([C@H]2NC(=O)NC(C)=C2C(=O)OC(C)C)cc1. The standard InChI is InChI=1S/C19H26N2O4/c1-5-6-11-24-15-9-7-14(8-10-15)17-16(18(22)25-12(2)3)13(4)20-19(23)21-17/h7-10,12,17H,5-6,11H2,1-4H3,(H2,20,21,23)/t17-/m1/s1. The Morgan fingerprint density at radius 3 is 2.52 bits per heavy atom. The second-order valence-electron chi connectivity index (χ2n) is 6.30. The Balaban J connectivity index is 2.23. The maximum absolute atomic E-state index is 12.5. The van der Waals surface area contributed by atoms with Gasteiger partial charge in [-0.25, -0.2) is 9.59 Å². The largest absolute Gasteiger partial charge is 0.494 e. The molecule has 1 atom stereocenters. The molecular formula is C19H26N2O4. The Labute approximate surface area is 148 Å². The summed E-state index contributed by atoms with van der Waals surface area (Å²) in [4.78, 5) is 24.3. The first-order chi connectivity index (χ1) is 11.9. The molecule has 2 N–H and O–H groups in total. The quantitative estimate of drug-likeness (QED) is 0.586. The van der Waals surface area contributed by atoms with Crippen LogP contribution in [0.25, 0.3) is 0 Å². The molecule has 1 aliphatic heterocycles. The summed E-state index contributed by atoms with van der Waals surface area (Å²) in [6, 6.07) is 6.51. The van der Waals surface area contributed by atoms with Crippen molar-refractivity contribution >= 4 is 12.0 Å². The third kappa shape index (κ3) is 4.98. The maximum Gasteiger partial charge on any atom is 0.338 e. The number of ether oxygens (including phenoxy) is 2. The van der Waals surface area contributed by atoms with E-state index in [-0.39, 0.29) is 12.1 Å². The van der Waals surface area contributed by atoms with Crippen molar-refractivity contribution in [1.82, 2.24) is 10.6 Å². The van der Waals surface area contributed by atoms with Crippen LogP contribution < -0.4 is 15.4 Å². The van der Waals surface area contributed by atoms with Crippen molar-refractivity contribution in [3.8, 4) is 5.75 Å². The number of carbonyl (C=O) groups is 2. The van der Waals surface area contributed by atoms with Gasteiger partial charge in [0.2, 0.25) is 0 Å². The third-order valence-electron chi connectivity index (χ3n) is 3.81. The molecule has 0 radical (unpaired) electrons. The fraction of sp³-hybridized carbons (Fsp3) is 0.474. The predicted octanol–water partition coefficient (Wildman–Crippen LogP) is 3.45. The number of esters is 1. The molecule has 1 heterocycles. The molecule has 0 saturated heterocycles. The number of allylic oxidation sites excluding steroid dienone is 1. The summed E-state index contributed by atoms with van der Waals surface area (Å²) < 4.78 is 11.0. The van der Waals surface area contributed by atoms with E-state index in [0.29, 0.717) is 17.9 Å². The van der Waals surface area contributed by atoms with Gasteiger partial charge in [-0.1, -0.05) is 25.5 Å². The lowest BCUT2D eigenvalue weighted by molar-refractivity contribution is -0.143. The number of unbranched alkanes of at least 4 members (excludes halogenated alkanes) is 1. The van der Waals surface area contributed by atoms with E-state index in [1.54, 1.807) is 20.8 Å². The minimum atomic E-state index is -0.551. The number of urea groups is 1. The summed E-state index contributed by atoms with van der Waals surface area (Å²) in [6.45, 7) is 8.06. The Bertz CT molecular complexity index is 650. The lowest BCUT2D eigenvalue weighted by Gasteiger charge is -2.28. The Morgan fingerprint density at radius 1 is 1.24 bits per heavy atom. The molecule has 2 amide bonds. The van der Waals surface area contributed by atoms with E-state index in [4.69, 9.17) is 9.47 Å². The average Bonchev–Trinajstić information content (AvgIpc) is 2.54. The molecule has 1 aromatic carbocycles. The van der Waals surface area contributed by atoms with Crippen LogP contribution in [0, 0.1) is 0 Å². The van der Waals surface area contributed by atoms with Gasteiger partial charge in [0.15, 0.2) is 0 Å². The first-order valence-corrected chi connectivity index (χ1v) is 8.64. The lowest BCUT2D eigenvalue weighted by atomic mass is 9.95. The minimum Gasteiger partial charge on any atom is -0.494 e. The van der Waals surface area contributed by atoms with Gasteiger partial charge in [-0.3, -0.25) is 0 Å². The van der Waals surface area contributed by atoms with Gasteiger partial charge in [-0.05, 0) is 44.9 Å². The van der Waals surface area contributed by atoms with Crippen LogP contribution in [0.5, 0.6) is 5.75 Å². The fourth-order valence-corrected chi connectivity index (χ4v) is 2.58. The summed E-state index contributed by atoms with van der Waals surface area (Å²) in [6.07, 6.45) is 1.84. The smallest absolute Gasteiger partial charge is 0.338 e. The lowest BCUT2D eigenvalue weighted by Crippen LogP contribution is -2.45. The highest BCUT2D eigenvalue weighted by Crippen LogP contribution is 2.29.